The molecule has 0 aliphatic heterocycles. The highest BCUT2D eigenvalue weighted by atomic mass is 16.1. The van der Waals surface area contributed by atoms with Crippen LogP contribution in [0.2, 0.25) is 0 Å². The standard InChI is InChI=1S/C12H22O/c1-5-6-8-11(9-7-10-13)12(2,3)4/h5,10-11H,1,6-9H2,2-4H3. The van der Waals surface area contributed by atoms with Gasteiger partial charge in [0.2, 0.25) is 0 Å². The second kappa shape index (κ2) is 5.95. The van der Waals surface area contributed by atoms with E-state index >= 15 is 0 Å². The van der Waals surface area contributed by atoms with E-state index in [4.69, 9.17) is 0 Å². The second-order valence-electron chi connectivity index (χ2n) is 4.67. The van der Waals surface area contributed by atoms with Crippen LogP contribution >= 0.6 is 0 Å². The molecule has 76 valence electrons. The van der Waals surface area contributed by atoms with E-state index in [2.05, 4.69) is 27.4 Å². The molecule has 0 aromatic rings. The molecule has 0 aliphatic carbocycles. The Labute approximate surface area is 82.2 Å². The van der Waals surface area contributed by atoms with Gasteiger partial charge in [-0.15, -0.1) is 6.58 Å². The summed E-state index contributed by atoms with van der Waals surface area (Å²) in [5.41, 5.74) is 0.312. The van der Waals surface area contributed by atoms with Gasteiger partial charge in [0.25, 0.3) is 0 Å². The minimum absolute atomic E-state index is 0.312. The van der Waals surface area contributed by atoms with Gasteiger partial charge in [-0.1, -0.05) is 26.8 Å². The summed E-state index contributed by atoms with van der Waals surface area (Å²) in [4.78, 5) is 10.3. The fourth-order valence-electron chi connectivity index (χ4n) is 1.60. The Morgan fingerprint density at radius 3 is 2.15 bits per heavy atom. The number of rotatable bonds is 6. The number of allylic oxidation sites excluding steroid dienone is 1. The molecule has 0 aromatic heterocycles. The molecule has 0 aliphatic rings. The van der Waals surface area contributed by atoms with Gasteiger partial charge in [0.15, 0.2) is 0 Å². The molecule has 0 amide bonds. The highest BCUT2D eigenvalue weighted by Gasteiger charge is 2.22. The van der Waals surface area contributed by atoms with Gasteiger partial charge in [-0.3, -0.25) is 0 Å². The molecule has 1 heteroatoms. The van der Waals surface area contributed by atoms with Crippen LogP contribution in [0.25, 0.3) is 0 Å². The first kappa shape index (κ1) is 12.4. The summed E-state index contributed by atoms with van der Waals surface area (Å²) < 4.78 is 0. The van der Waals surface area contributed by atoms with Gasteiger partial charge in [0.05, 0.1) is 0 Å². The summed E-state index contributed by atoms with van der Waals surface area (Å²) in [5.74, 6) is 0.635. The van der Waals surface area contributed by atoms with Crippen molar-refractivity contribution >= 4 is 6.29 Å². The maximum absolute atomic E-state index is 10.3. The quantitative estimate of drug-likeness (QED) is 0.453. The lowest BCUT2D eigenvalue weighted by molar-refractivity contribution is -0.108. The Bertz CT molecular complexity index is 141. The Balaban J connectivity index is 4.02. The van der Waals surface area contributed by atoms with Crippen molar-refractivity contribution < 1.29 is 4.79 Å². The molecule has 1 nitrogen and oxygen atoms in total. The molecule has 0 aromatic carbocycles. The molecule has 0 saturated carbocycles. The zero-order valence-corrected chi connectivity index (χ0v) is 9.18. The monoisotopic (exact) mass is 182 g/mol. The van der Waals surface area contributed by atoms with Crippen LogP contribution < -0.4 is 0 Å². The normalized spacial score (nSPS) is 13.8. The number of hydrogen-bond donors (Lipinski definition) is 0. The third-order valence-electron chi connectivity index (χ3n) is 2.58. The molecule has 0 heterocycles. The van der Waals surface area contributed by atoms with Crippen molar-refractivity contribution in [3.8, 4) is 0 Å². The van der Waals surface area contributed by atoms with Crippen LogP contribution in [0.4, 0.5) is 0 Å². The molecule has 1 atom stereocenters. The van der Waals surface area contributed by atoms with E-state index in [1.165, 1.54) is 0 Å². The highest BCUT2D eigenvalue weighted by molar-refractivity contribution is 5.49. The van der Waals surface area contributed by atoms with Gasteiger partial charge in [-0.25, -0.2) is 0 Å². The Morgan fingerprint density at radius 1 is 1.23 bits per heavy atom. The molecular formula is C12H22O. The van der Waals surface area contributed by atoms with Gasteiger partial charge < -0.3 is 4.79 Å². The molecule has 13 heavy (non-hydrogen) atoms. The first-order valence-corrected chi connectivity index (χ1v) is 5.07. The number of carbonyl (C=O) groups excluding carboxylic acids is 1. The maximum atomic E-state index is 10.3. The van der Waals surface area contributed by atoms with E-state index in [0.29, 0.717) is 17.8 Å². The van der Waals surface area contributed by atoms with Crippen LogP contribution in [0, 0.1) is 11.3 Å². The van der Waals surface area contributed by atoms with Gasteiger partial charge in [-0.05, 0) is 30.6 Å². The van der Waals surface area contributed by atoms with Crippen LogP contribution in [0.3, 0.4) is 0 Å². The average molecular weight is 182 g/mol. The van der Waals surface area contributed by atoms with E-state index in [9.17, 15) is 4.79 Å². The molecule has 0 bridgehead atoms. The van der Waals surface area contributed by atoms with Crippen LogP contribution in [0.1, 0.15) is 46.5 Å². The first-order valence-electron chi connectivity index (χ1n) is 5.07. The summed E-state index contributed by atoms with van der Waals surface area (Å²) >= 11 is 0. The Morgan fingerprint density at radius 2 is 1.77 bits per heavy atom. The third-order valence-corrected chi connectivity index (χ3v) is 2.58. The van der Waals surface area contributed by atoms with E-state index in [-0.39, 0.29) is 0 Å². The van der Waals surface area contributed by atoms with E-state index < -0.39 is 0 Å². The summed E-state index contributed by atoms with van der Waals surface area (Å²) in [6.45, 7) is 10.5. The topological polar surface area (TPSA) is 17.1 Å². The van der Waals surface area contributed by atoms with Crippen LogP contribution in [-0.4, -0.2) is 6.29 Å². The lowest BCUT2D eigenvalue weighted by Crippen LogP contribution is -2.20. The van der Waals surface area contributed by atoms with Gasteiger partial charge in [-0.2, -0.15) is 0 Å². The van der Waals surface area contributed by atoms with Crippen molar-refractivity contribution in [3.05, 3.63) is 12.7 Å². The molecule has 0 N–H and O–H groups in total. The van der Waals surface area contributed by atoms with Gasteiger partial charge in [0, 0.05) is 6.42 Å². The lowest BCUT2D eigenvalue weighted by atomic mass is 9.76. The first-order chi connectivity index (χ1) is 6.02. The summed E-state index contributed by atoms with van der Waals surface area (Å²) in [6.07, 6.45) is 6.90. The van der Waals surface area contributed by atoms with Crippen molar-refractivity contribution in [2.45, 2.75) is 46.5 Å². The number of aldehydes is 1. The largest absolute Gasteiger partial charge is 0.303 e. The zero-order chi connectivity index (χ0) is 10.3. The number of carbonyl (C=O) groups is 1. The van der Waals surface area contributed by atoms with E-state index in [1.54, 1.807) is 0 Å². The van der Waals surface area contributed by atoms with Crippen molar-refractivity contribution in [2.75, 3.05) is 0 Å². The highest BCUT2D eigenvalue weighted by Crippen LogP contribution is 2.33. The fraction of sp³-hybridized carbons (Fsp3) is 0.750. The summed E-state index contributed by atoms with van der Waals surface area (Å²) in [7, 11) is 0. The van der Waals surface area contributed by atoms with Crippen molar-refractivity contribution in [3.63, 3.8) is 0 Å². The minimum Gasteiger partial charge on any atom is -0.303 e. The molecule has 0 radical (unpaired) electrons. The summed E-state index contributed by atoms with van der Waals surface area (Å²) in [6, 6.07) is 0. The number of hydrogen-bond acceptors (Lipinski definition) is 1. The summed E-state index contributed by atoms with van der Waals surface area (Å²) in [5, 5.41) is 0. The van der Waals surface area contributed by atoms with Crippen molar-refractivity contribution in [1.29, 1.82) is 0 Å². The Kier molecular flexibility index (Phi) is 5.68. The molecular weight excluding hydrogens is 160 g/mol. The third kappa shape index (κ3) is 5.62. The minimum atomic E-state index is 0.312. The van der Waals surface area contributed by atoms with Crippen LogP contribution in [0.5, 0.6) is 0 Å². The molecule has 0 rings (SSSR count). The fourth-order valence-corrected chi connectivity index (χ4v) is 1.60. The van der Waals surface area contributed by atoms with Crippen LogP contribution in [-0.2, 0) is 4.79 Å². The van der Waals surface area contributed by atoms with Crippen molar-refractivity contribution in [2.24, 2.45) is 11.3 Å². The predicted molar refractivity (Wildman–Crippen MR) is 57.7 cm³/mol. The Hall–Kier alpha value is -0.590. The van der Waals surface area contributed by atoms with Crippen LogP contribution in [0.15, 0.2) is 12.7 Å². The van der Waals surface area contributed by atoms with E-state index in [1.807, 2.05) is 6.08 Å². The lowest BCUT2D eigenvalue weighted by Gasteiger charge is -2.30. The zero-order valence-electron chi connectivity index (χ0n) is 9.18. The average Bonchev–Trinajstić information content (AvgIpc) is 2.02. The predicted octanol–water partition coefficient (Wildman–Crippen LogP) is 3.59. The van der Waals surface area contributed by atoms with Crippen molar-refractivity contribution in [1.82, 2.24) is 0 Å². The van der Waals surface area contributed by atoms with Gasteiger partial charge in [0.1, 0.15) is 6.29 Å². The molecule has 0 saturated heterocycles. The molecule has 1 unspecified atom stereocenters. The maximum Gasteiger partial charge on any atom is 0.120 e. The second-order valence-corrected chi connectivity index (χ2v) is 4.67. The van der Waals surface area contributed by atoms with Gasteiger partial charge >= 0.3 is 0 Å². The molecule has 0 spiro atoms. The SMILES string of the molecule is C=CCCC(CCC=O)C(C)(C)C. The molecule has 0 fully saturated rings. The smallest absolute Gasteiger partial charge is 0.120 e. The van der Waals surface area contributed by atoms with E-state index in [0.717, 1.165) is 25.5 Å².